The Morgan fingerprint density at radius 2 is 2.00 bits per heavy atom. The van der Waals surface area contributed by atoms with Crippen LogP contribution in [0.5, 0.6) is 0 Å². The second-order valence-corrected chi connectivity index (χ2v) is 9.91. The summed E-state index contributed by atoms with van der Waals surface area (Å²) in [6.45, 7) is 5.32. The third kappa shape index (κ3) is 5.52. The number of rotatable bonds is 7. The van der Waals surface area contributed by atoms with Gasteiger partial charge in [-0.15, -0.1) is 0 Å². The van der Waals surface area contributed by atoms with E-state index in [0.717, 1.165) is 44.5 Å². The molecule has 0 saturated carbocycles. The lowest BCUT2D eigenvalue weighted by atomic mass is 9.93. The minimum Gasteiger partial charge on any atom is -0.350 e. The number of sulfonamides is 1. The molecule has 0 spiro atoms. The van der Waals surface area contributed by atoms with Crippen LogP contribution >= 0.6 is 0 Å². The van der Waals surface area contributed by atoms with Gasteiger partial charge in [0, 0.05) is 31.9 Å². The Morgan fingerprint density at radius 1 is 1.21 bits per heavy atom. The molecule has 2 aliphatic rings. The molecule has 0 aromatic carbocycles. The molecule has 3 rings (SSSR count). The van der Waals surface area contributed by atoms with Crippen LogP contribution in [0.3, 0.4) is 0 Å². The summed E-state index contributed by atoms with van der Waals surface area (Å²) in [7, 11) is -3.10. The zero-order valence-corrected chi connectivity index (χ0v) is 17.5. The van der Waals surface area contributed by atoms with Crippen LogP contribution in [0.2, 0.25) is 0 Å². The molecule has 2 saturated heterocycles. The van der Waals surface area contributed by atoms with Gasteiger partial charge in [-0.3, -0.25) is 14.7 Å². The van der Waals surface area contributed by atoms with Crippen LogP contribution in [0.15, 0.2) is 24.4 Å². The Bertz CT molecular complexity index is 733. The number of hydrogen-bond donors (Lipinski definition) is 1. The van der Waals surface area contributed by atoms with E-state index >= 15 is 0 Å². The van der Waals surface area contributed by atoms with Crippen molar-refractivity contribution in [3.8, 4) is 0 Å². The Hall–Kier alpha value is -1.51. The number of carbonyl (C=O) groups is 1. The summed E-state index contributed by atoms with van der Waals surface area (Å²) in [5.74, 6) is 0.331. The predicted octanol–water partition coefficient (Wildman–Crippen LogP) is 1.61. The van der Waals surface area contributed by atoms with E-state index in [1.165, 1.54) is 0 Å². The van der Waals surface area contributed by atoms with Gasteiger partial charge in [0.1, 0.15) is 0 Å². The fourth-order valence-corrected chi connectivity index (χ4v) is 5.79. The topological polar surface area (TPSA) is 82.6 Å². The maximum atomic E-state index is 12.6. The van der Waals surface area contributed by atoms with Crippen LogP contribution in [-0.4, -0.2) is 66.5 Å². The minimum absolute atomic E-state index is 0.000633. The molecule has 7 nitrogen and oxygen atoms in total. The van der Waals surface area contributed by atoms with E-state index in [0.29, 0.717) is 32.1 Å². The largest absolute Gasteiger partial charge is 0.350 e. The van der Waals surface area contributed by atoms with Crippen LogP contribution in [0.25, 0.3) is 0 Å². The lowest BCUT2D eigenvalue weighted by Gasteiger charge is -2.41. The van der Waals surface area contributed by atoms with Crippen molar-refractivity contribution in [3.63, 3.8) is 0 Å². The molecule has 28 heavy (non-hydrogen) atoms. The highest BCUT2D eigenvalue weighted by Gasteiger charge is 2.33. The number of nitrogens with zero attached hydrogens (tertiary/aromatic N) is 3. The Morgan fingerprint density at radius 3 is 2.68 bits per heavy atom. The molecule has 2 aliphatic heterocycles. The van der Waals surface area contributed by atoms with Gasteiger partial charge in [-0.2, -0.15) is 0 Å². The Kier molecular flexibility index (Phi) is 7.42. The first-order valence-corrected chi connectivity index (χ1v) is 12.0. The van der Waals surface area contributed by atoms with Gasteiger partial charge in [-0.05, 0) is 50.8 Å². The van der Waals surface area contributed by atoms with Crippen molar-refractivity contribution in [2.45, 2.75) is 51.6 Å². The molecule has 0 aliphatic carbocycles. The molecule has 1 aromatic rings. The van der Waals surface area contributed by atoms with Crippen LogP contribution < -0.4 is 5.32 Å². The van der Waals surface area contributed by atoms with Crippen LogP contribution in [0, 0.1) is 5.92 Å². The van der Waals surface area contributed by atoms with Gasteiger partial charge in [0.15, 0.2) is 0 Å². The quantitative estimate of drug-likeness (QED) is 0.741. The molecule has 2 fully saturated rings. The molecule has 0 radical (unpaired) electrons. The highest BCUT2D eigenvalue weighted by Crippen LogP contribution is 2.25. The standard InChI is InChI=1S/C20H32N4O3S/c1-2-14-28(26,27)24-12-8-19(9-13-24)23-11-5-6-17(16-23)20(25)22-15-18-7-3-4-10-21-18/h3-4,7,10,17,19H,2,5-6,8-9,11-16H2,1H3,(H,22,25)/t17-/m1/s1. The normalized spacial score (nSPS) is 22.8. The van der Waals surface area contributed by atoms with E-state index in [2.05, 4.69) is 15.2 Å². The van der Waals surface area contributed by atoms with Gasteiger partial charge < -0.3 is 5.32 Å². The van der Waals surface area contributed by atoms with Gasteiger partial charge in [-0.25, -0.2) is 12.7 Å². The van der Waals surface area contributed by atoms with Crippen molar-refractivity contribution in [1.29, 1.82) is 0 Å². The summed E-state index contributed by atoms with van der Waals surface area (Å²) in [6.07, 6.45) is 6.02. The predicted molar refractivity (Wildman–Crippen MR) is 109 cm³/mol. The summed E-state index contributed by atoms with van der Waals surface area (Å²) in [4.78, 5) is 19.2. The highest BCUT2D eigenvalue weighted by atomic mass is 32.2. The molecule has 156 valence electrons. The number of hydrogen-bond acceptors (Lipinski definition) is 5. The maximum Gasteiger partial charge on any atom is 0.224 e. The first kappa shape index (κ1) is 21.2. The van der Waals surface area contributed by atoms with Gasteiger partial charge in [0.2, 0.25) is 15.9 Å². The molecule has 1 amide bonds. The first-order chi connectivity index (χ1) is 13.5. The number of amides is 1. The molecule has 3 heterocycles. The smallest absolute Gasteiger partial charge is 0.224 e. The Labute approximate surface area is 168 Å². The zero-order chi connectivity index (χ0) is 20.0. The van der Waals surface area contributed by atoms with E-state index in [-0.39, 0.29) is 17.6 Å². The first-order valence-electron chi connectivity index (χ1n) is 10.4. The minimum atomic E-state index is -3.10. The molecular formula is C20H32N4O3S. The molecule has 0 unspecified atom stereocenters. The second kappa shape index (κ2) is 9.80. The van der Waals surface area contributed by atoms with E-state index in [9.17, 15) is 13.2 Å². The summed E-state index contributed by atoms with van der Waals surface area (Å²) < 4.78 is 26.2. The van der Waals surface area contributed by atoms with Crippen molar-refractivity contribution in [3.05, 3.63) is 30.1 Å². The SMILES string of the molecule is CCCS(=O)(=O)N1CCC(N2CCC[C@@H](C(=O)NCc3ccccn3)C2)CC1. The number of likely N-dealkylation sites (tertiary alicyclic amines) is 1. The number of carbonyl (C=O) groups excluding carboxylic acids is 1. The molecule has 0 bridgehead atoms. The van der Waals surface area contributed by atoms with Crippen molar-refractivity contribution >= 4 is 15.9 Å². The number of pyridine rings is 1. The van der Waals surface area contributed by atoms with E-state index in [1.54, 1.807) is 10.5 Å². The second-order valence-electron chi connectivity index (χ2n) is 7.82. The lowest BCUT2D eigenvalue weighted by molar-refractivity contribution is -0.127. The fourth-order valence-electron chi connectivity index (χ4n) is 4.25. The van der Waals surface area contributed by atoms with Crippen LogP contribution in [-0.2, 0) is 21.4 Å². The van der Waals surface area contributed by atoms with Crippen molar-refractivity contribution in [2.24, 2.45) is 5.92 Å². The average molecular weight is 409 g/mol. The molecule has 8 heteroatoms. The fraction of sp³-hybridized carbons (Fsp3) is 0.700. The molecule has 1 aromatic heterocycles. The lowest BCUT2D eigenvalue weighted by Crippen LogP contribution is -2.51. The number of aromatic nitrogens is 1. The van der Waals surface area contributed by atoms with Gasteiger partial charge in [0.25, 0.3) is 0 Å². The van der Waals surface area contributed by atoms with Crippen molar-refractivity contribution in [1.82, 2.24) is 19.5 Å². The highest BCUT2D eigenvalue weighted by molar-refractivity contribution is 7.89. The monoisotopic (exact) mass is 408 g/mol. The average Bonchev–Trinajstić information content (AvgIpc) is 2.73. The number of nitrogens with one attached hydrogen (secondary N) is 1. The van der Waals surface area contributed by atoms with Gasteiger partial charge >= 0.3 is 0 Å². The molecule has 1 atom stereocenters. The summed E-state index contributed by atoms with van der Waals surface area (Å²) in [6, 6.07) is 6.07. The number of piperidine rings is 2. The van der Waals surface area contributed by atoms with Gasteiger partial charge in [-0.1, -0.05) is 13.0 Å². The van der Waals surface area contributed by atoms with E-state index in [1.807, 2.05) is 25.1 Å². The Balaban J connectivity index is 1.48. The van der Waals surface area contributed by atoms with E-state index in [4.69, 9.17) is 0 Å². The summed E-state index contributed by atoms with van der Waals surface area (Å²) >= 11 is 0. The van der Waals surface area contributed by atoms with Crippen LogP contribution in [0.4, 0.5) is 0 Å². The van der Waals surface area contributed by atoms with E-state index < -0.39 is 10.0 Å². The van der Waals surface area contributed by atoms with Gasteiger partial charge in [0.05, 0.1) is 23.9 Å². The molecular weight excluding hydrogens is 376 g/mol. The maximum absolute atomic E-state index is 12.6. The molecule has 1 N–H and O–H groups in total. The third-order valence-corrected chi connectivity index (χ3v) is 7.86. The van der Waals surface area contributed by atoms with Crippen molar-refractivity contribution in [2.75, 3.05) is 31.9 Å². The summed E-state index contributed by atoms with van der Waals surface area (Å²) in [5.41, 5.74) is 0.865. The third-order valence-electron chi connectivity index (χ3n) is 5.79. The summed E-state index contributed by atoms with van der Waals surface area (Å²) in [5, 5.41) is 3.02. The zero-order valence-electron chi connectivity index (χ0n) is 16.7. The van der Waals surface area contributed by atoms with Crippen LogP contribution in [0.1, 0.15) is 44.7 Å². The van der Waals surface area contributed by atoms with Crippen molar-refractivity contribution < 1.29 is 13.2 Å².